The molecule has 2 aromatic rings. The molecule has 1 aromatic heterocycles. The summed E-state index contributed by atoms with van der Waals surface area (Å²) in [4.78, 5) is 18.9. The Balaban J connectivity index is 1.64. The van der Waals surface area contributed by atoms with E-state index in [1.807, 2.05) is 42.5 Å². The molecular formula is C19H23N3O2. The van der Waals surface area contributed by atoms with Gasteiger partial charge in [0.1, 0.15) is 6.04 Å². The van der Waals surface area contributed by atoms with Gasteiger partial charge in [0.2, 0.25) is 5.91 Å². The average molecular weight is 325 g/mol. The lowest BCUT2D eigenvalue weighted by Crippen LogP contribution is -2.48. The number of hydrogen-bond donors (Lipinski definition) is 2. The number of rotatable bonds is 6. The quantitative estimate of drug-likeness (QED) is 0.849. The van der Waals surface area contributed by atoms with Crippen molar-refractivity contribution < 1.29 is 9.90 Å². The van der Waals surface area contributed by atoms with Crippen LogP contribution in [0.2, 0.25) is 0 Å². The Kier molecular flexibility index (Phi) is 5.43. The van der Waals surface area contributed by atoms with Gasteiger partial charge in [0.15, 0.2) is 0 Å². The highest BCUT2D eigenvalue weighted by molar-refractivity contribution is 5.86. The molecule has 126 valence electrons. The topological polar surface area (TPSA) is 65.5 Å². The Morgan fingerprint density at radius 2 is 2.00 bits per heavy atom. The molecule has 0 saturated carbocycles. The van der Waals surface area contributed by atoms with Crippen molar-refractivity contribution in [3.63, 3.8) is 0 Å². The van der Waals surface area contributed by atoms with E-state index >= 15 is 0 Å². The summed E-state index contributed by atoms with van der Waals surface area (Å²) in [5.41, 5.74) is 2.13. The standard InChI is InChI=1S/C19H23N3O2/c23-14-16(13-15-8-10-20-11-9-15)21-19(24)18-7-4-12-22(18)17-5-2-1-3-6-17/h1-3,5-6,8-11,16,18,23H,4,7,12-14H2,(H,21,24). The van der Waals surface area contributed by atoms with E-state index < -0.39 is 0 Å². The molecule has 1 aromatic carbocycles. The molecule has 1 aliphatic rings. The molecule has 0 spiro atoms. The summed E-state index contributed by atoms with van der Waals surface area (Å²) in [7, 11) is 0. The third-order valence-corrected chi connectivity index (χ3v) is 4.44. The number of amides is 1. The number of nitrogens with one attached hydrogen (secondary N) is 1. The van der Waals surface area contributed by atoms with E-state index in [1.54, 1.807) is 12.4 Å². The molecular weight excluding hydrogens is 302 g/mol. The lowest BCUT2D eigenvalue weighted by Gasteiger charge is -2.27. The van der Waals surface area contributed by atoms with Crippen LogP contribution in [0.25, 0.3) is 0 Å². The van der Waals surface area contributed by atoms with Crippen molar-refractivity contribution in [1.29, 1.82) is 0 Å². The predicted molar refractivity (Wildman–Crippen MR) is 93.8 cm³/mol. The minimum Gasteiger partial charge on any atom is -0.394 e. The van der Waals surface area contributed by atoms with E-state index in [2.05, 4.69) is 15.2 Å². The summed E-state index contributed by atoms with van der Waals surface area (Å²) in [6.07, 6.45) is 5.89. The van der Waals surface area contributed by atoms with Crippen molar-refractivity contribution in [3.8, 4) is 0 Å². The average Bonchev–Trinajstić information content (AvgIpc) is 3.12. The number of aromatic nitrogens is 1. The maximum atomic E-state index is 12.7. The molecule has 1 aliphatic heterocycles. The molecule has 0 bridgehead atoms. The summed E-state index contributed by atoms with van der Waals surface area (Å²) < 4.78 is 0. The Labute approximate surface area is 142 Å². The minimum absolute atomic E-state index is 0.00976. The molecule has 5 nitrogen and oxygen atoms in total. The molecule has 24 heavy (non-hydrogen) atoms. The zero-order chi connectivity index (χ0) is 16.8. The Bertz CT molecular complexity index is 648. The van der Waals surface area contributed by atoms with Crippen LogP contribution in [-0.2, 0) is 11.2 Å². The number of pyridine rings is 1. The fraction of sp³-hybridized carbons (Fsp3) is 0.368. The van der Waals surface area contributed by atoms with Crippen molar-refractivity contribution in [1.82, 2.24) is 10.3 Å². The van der Waals surface area contributed by atoms with E-state index in [0.29, 0.717) is 6.42 Å². The first-order chi connectivity index (χ1) is 11.8. The van der Waals surface area contributed by atoms with Gasteiger partial charge < -0.3 is 15.3 Å². The summed E-state index contributed by atoms with van der Waals surface area (Å²) in [6, 6.07) is 13.4. The molecule has 3 rings (SSSR count). The zero-order valence-electron chi connectivity index (χ0n) is 13.6. The highest BCUT2D eigenvalue weighted by Crippen LogP contribution is 2.25. The van der Waals surface area contributed by atoms with Crippen LogP contribution in [0.1, 0.15) is 18.4 Å². The number of carbonyl (C=O) groups excluding carboxylic acids is 1. The maximum Gasteiger partial charge on any atom is 0.243 e. The summed E-state index contributed by atoms with van der Waals surface area (Å²) in [6.45, 7) is 0.808. The molecule has 1 fully saturated rings. The molecule has 2 heterocycles. The van der Waals surface area contributed by atoms with Crippen LogP contribution in [0.3, 0.4) is 0 Å². The number of aliphatic hydroxyl groups is 1. The number of nitrogens with zero attached hydrogens (tertiary/aromatic N) is 2. The number of aliphatic hydroxyl groups excluding tert-OH is 1. The number of benzene rings is 1. The van der Waals surface area contributed by atoms with Gasteiger partial charge in [-0.3, -0.25) is 9.78 Å². The molecule has 1 saturated heterocycles. The normalized spacial score (nSPS) is 18.4. The zero-order valence-corrected chi connectivity index (χ0v) is 13.6. The number of hydrogen-bond acceptors (Lipinski definition) is 4. The van der Waals surface area contributed by atoms with Gasteiger partial charge in [-0.2, -0.15) is 0 Å². The lowest BCUT2D eigenvalue weighted by molar-refractivity contribution is -0.123. The minimum atomic E-state index is -0.280. The fourth-order valence-corrected chi connectivity index (χ4v) is 3.23. The van der Waals surface area contributed by atoms with Crippen LogP contribution in [0.15, 0.2) is 54.9 Å². The van der Waals surface area contributed by atoms with Gasteiger partial charge in [-0.1, -0.05) is 18.2 Å². The number of para-hydroxylation sites is 1. The van der Waals surface area contributed by atoms with Gasteiger partial charge in [0, 0.05) is 24.6 Å². The predicted octanol–water partition coefficient (Wildman–Crippen LogP) is 1.77. The van der Waals surface area contributed by atoms with Gasteiger partial charge in [-0.05, 0) is 49.1 Å². The third kappa shape index (κ3) is 3.92. The van der Waals surface area contributed by atoms with E-state index in [-0.39, 0.29) is 24.6 Å². The second kappa shape index (κ2) is 7.93. The van der Waals surface area contributed by atoms with Crippen molar-refractivity contribution >= 4 is 11.6 Å². The summed E-state index contributed by atoms with van der Waals surface area (Å²) >= 11 is 0. The van der Waals surface area contributed by atoms with Crippen LogP contribution < -0.4 is 10.2 Å². The van der Waals surface area contributed by atoms with Gasteiger partial charge in [0.05, 0.1) is 12.6 Å². The molecule has 5 heteroatoms. The van der Waals surface area contributed by atoms with E-state index in [4.69, 9.17) is 0 Å². The van der Waals surface area contributed by atoms with Gasteiger partial charge >= 0.3 is 0 Å². The molecule has 1 amide bonds. The highest BCUT2D eigenvalue weighted by Gasteiger charge is 2.31. The van der Waals surface area contributed by atoms with Crippen LogP contribution in [0.4, 0.5) is 5.69 Å². The molecule has 2 N–H and O–H groups in total. The van der Waals surface area contributed by atoms with Gasteiger partial charge in [-0.25, -0.2) is 0 Å². The molecule has 0 radical (unpaired) electrons. The lowest BCUT2D eigenvalue weighted by atomic mass is 10.1. The van der Waals surface area contributed by atoms with Crippen LogP contribution in [0, 0.1) is 0 Å². The molecule has 2 atom stereocenters. The van der Waals surface area contributed by atoms with E-state index in [9.17, 15) is 9.90 Å². The Morgan fingerprint density at radius 3 is 2.71 bits per heavy atom. The van der Waals surface area contributed by atoms with Crippen molar-refractivity contribution in [2.24, 2.45) is 0 Å². The smallest absolute Gasteiger partial charge is 0.243 e. The maximum absolute atomic E-state index is 12.7. The highest BCUT2D eigenvalue weighted by atomic mass is 16.3. The van der Waals surface area contributed by atoms with Crippen molar-refractivity contribution in [2.45, 2.75) is 31.3 Å². The first kappa shape index (κ1) is 16.5. The second-order valence-corrected chi connectivity index (χ2v) is 6.13. The van der Waals surface area contributed by atoms with Crippen LogP contribution in [0.5, 0.6) is 0 Å². The molecule has 0 aliphatic carbocycles. The Hall–Kier alpha value is -2.40. The largest absolute Gasteiger partial charge is 0.394 e. The fourth-order valence-electron chi connectivity index (χ4n) is 3.23. The monoisotopic (exact) mass is 325 g/mol. The first-order valence-corrected chi connectivity index (χ1v) is 8.40. The second-order valence-electron chi connectivity index (χ2n) is 6.13. The summed E-state index contributed by atoms with van der Waals surface area (Å²) in [5, 5.41) is 12.6. The first-order valence-electron chi connectivity index (χ1n) is 8.40. The van der Waals surface area contributed by atoms with Crippen LogP contribution in [-0.4, -0.2) is 41.2 Å². The van der Waals surface area contributed by atoms with Crippen LogP contribution >= 0.6 is 0 Å². The summed E-state index contributed by atoms with van der Waals surface area (Å²) in [5.74, 6) is -0.00976. The van der Waals surface area contributed by atoms with Gasteiger partial charge in [0.25, 0.3) is 0 Å². The Morgan fingerprint density at radius 1 is 1.25 bits per heavy atom. The van der Waals surface area contributed by atoms with Crippen molar-refractivity contribution in [3.05, 3.63) is 60.4 Å². The number of carbonyl (C=O) groups is 1. The number of anilines is 1. The van der Waals surface area contributed by atoms with E-state index in [0.717, 1.165) is 30.6 Å². The van der Waals surface area contributed by atoms with E-state index in [1.165, 1.54) is 0 Å². The van der Waals surface area contributed by atoms with Gasteiger partial charge in [-0.15, -0.1) is 0 Å². The third-order valence-electron chi connectivity index (χ3n) is 4.44. The molecule has 2 unspecified atom stereocenters. The van der Waals surface area contributed by atoms with Crippen molar-refractivity contribution in [2.75, 3.05) is 18.1 Å². The SMILES string of the molecule is O=C(NC(CO)Cc1ccncc1)C1CCCN1c1ccccc1.